The maximum Gasteiger partial charge on any atom is 0.600 e. The van der Waals surface area contributed by atoms with Crippen LogP contribution in [-0.2, 0) is 5.51 Å². The normalized spacial score (nSPS) is 17.2. The van der Waals surface area contributed by atoms with E-state index in [0.717, 1.165) is 30.2 Å². The van der Waals surface area contributed by atoms with Crippen LogP contribution in [0.1, 0.15) is 35.6 Å². The smallest absolute Gasteiger partial charge is 0.600 e. The van der Waals surface area contributed by atoms with Gasteiger partial charge in [0.1, 0.15) is 0 Å². The standard InChI is InChI=1S/C14H14F3S.BrH/c1-9-5-6-11-8-13(10-3-2-4-10)18(12(11)7-9)14(15,16)17;/h5-8,10H,2-4H2,1H3;1H/q+1;/p-1. The second kappa shape index (κ2) is 5.09. The molecule has 1 aromatic carbocycles. The molecule has 1 atom stereocenters. The Kier molecular flexibility index (Phi) is 3.98. The highest BCUT2D eigenvalue weighted by Gasteiger charge is 2.50. The first kappa shape index (κ1) is 14.9. The number of thiophene rings is 1. The van der Waals surface area contributed by atoms with Crippen LogP contribution in [-0.4, -0.2) is 0 Å². The Labute approximate surface area is 123 Å². The molecule has 1 aliphatic rings. The van der Waals surface area contributed by atoms with Gasteiger partial charge in [0, 0.05) is 23.4 Å². The Bertz CT molecular complexity index is 596. The van der Waals surface area contributed by atoms with Crippen molar-refractivity contribution in [3.8, 4) is 0 Å². The van der Waals surface area contributed by atoms with Crippen LogP contribution < -0.4 is 17.0 Å². The fourth-order valence-electron chi connectivity index (χ4n) is 2.51. The van der Waals surface area contributed by atoms with Crippen molar-refractivity contribution < 1.29 is 30.2 Å². The highest BCUT2D eigenvalue weighted by atomic mass is 79.9. The molecule has 104 valence electrons. The van der Waals surface area contributed by atoms with Crippen LogP contribution in [0.2, 0.25) is 0 Å². The van der Waals surface area contributed by atoms with E-state index in [0.29, 0.717) is 9.58 Å². The van der Waals surface area contributed by atoms with Gasteiger partial charge in [-0.05, 0) is 31.4 Å². The lowest BCUT2D eigenvalue weighted by Gasteiger charge is -2.21. The van der Waals surface area contributed by atoms with Crippen LogP contribution in [0.15, 0.2) is 24.3 Å². The second-order valence-corrected chi connectivity index (χ2v) is 6.95. The van der Waals surface area contributed by atoms with Crippen LogP contribution in [0.4, 0.5) is 13.2 Å². The number of benzene rings is 1. The molecule has 0 bridgehead atoms. The zero-order valence-electron chi connectivity index (χ0n) is 10.4. The summed E-state index contributed by atoms with van der Waals surface area (Å²) >= 11 is 0. The largest absolute Gasteiger partial charge is 1.00 e. The molecule has 0 N–H and O–H groups in total. The number of fused-ring (bicyclic) bond motifs is 1. The first-order chi connectivity index (χ1) is 8.47. The van der Waals surface area contributed by atoms with E-state index in [1.165, 1.54) is 0 Å². The average molecular weight is 351 g/mol. The zero-order valence-corrected chi connectivity index (χ0v) is 12.8. The van der Waals surface area contributed by atoms with E-state index >= 15 is 0 Å². The SMILES string of the molecule is Cc1ccc2cc(C3CCC3)[s+](C(F)(F)F)c2c1.[Br-]. The summed E-state index contributed by atoms with van der Waals surface area (Å²) in [6.45, 7) is 1.85. The predicted molar refractivity (Wildman–Crippen MR) is 69.1 cm³/mol. The maximum absolute atomic E-state index is 13.3. The average Bonchev–Trinajstić information content (AvgIpc) is 2.51. The van der Waals surface area contributed by atoms with Crippen molar-refractivity contribution in [1.29, 1.82) is 0 Å². The third kappa shape index (κ3) is 2.55. The van der Waals surface area contributed by atoms with E-state index in [4.69, 9.17) is 0 Å². The molecule has 0 saturated heterocycles. The summed E-state index contributed by atoms with van der Waals surface area (Å²) in [7, 11) is -1.69. The molecule has 0 radical (unpaired) electrons. The summed E-state index contributed by atoms with van der Waals surface area (Å²) in [5, 5.41) is 0.767. The number of halogens is 4. The maximum atomic E-state index is 13.3. The van der Waals surface area contributed by atoms with Crippen molar-refractivity contribution in [2.45, 2.75) is 37.6 Å². The molecule has 1 fully saturated rings. The monoisotopic (exact) mass is 350 g/mol. The summed E-state index contributed by atoms with van der Waals surface area (Å²) in [5.74, 6) is 0.155. The van der Waals surface area contributed by atoms with Crippen LogP contribution in [0, 0.1) is 6.92 Å². The Hall–Kier alpha value is -0.550. The zero-order chi connectivity index (χ0) is 12.9. The third-order valence-electron chi connectivity index (χ3n) is 3.66. The molecule has 0 aliphatic heterocycles. The van der Waals surface area contributed by atoms with Gasteiger partial charge >= 0.3 is 5.51 Å². The molecule has 1 heterocycles. The van der Waals surface area contributed by atoms with Gasteiger partial charge in [0.2, 0.25) is 0 Å². The van der Waals surface area contributed by atoms with E-state index in [1.54, 1.807) is 12.1 Å². The van der Waals surface area contributed by atoms with E-state index in [9.17, 15) is 13.2 Å². The van der Waals surface area contributed by atoms with Gasteiger partial charge in [-0.1, -0.05) is 12.5 Å². The summed E-state index contributed by atoms with van der Waals surface area (Å²) in [5.41, 5.74) is -3.24. The van der Waals surface area contributed by atoms with Crippen molar-refractivity contribution in [2.24, 2.45) is 0 Å². The Morgan fingerprint density at radius 3 is 2.37 bits per heavy atom. The molecule has 0 nitrogen and oxygen atoms in total. The molecule has 3 rings (SSSR count). The summed E-state index contributed by atoms with van der Waals surface area (Å²) in [4.78, 5) is 0.620. The van der Waals surface area contributed by atoms with Crippen LogP contribution in [0.5, 0.6) is 0 Å². The Morgan fingerprint density at radius 2 is 1.84 bits per heavy atom. The van der Waals surface area contributed by atoms with Gasteiger partial charge in [-0.15, -0.1) is 13.2 Å². The minimum atomic E-state index is -4.14. The quantitative estimate of drug-likeness (QED) is 0.693. The Balaban J connectivity index is 0.00000133. The lowest BCUT2D eigenvalue weighted by molar-refractivity contribution is -0.0868. The highest BCUT2D eigenvalue weighted by molar-refractivity contribution is 7.38. The van der Waals surface area contributed by atoms with Gasteiger partial charge in [0.25, 0.3) is 0 Å². The first-order valence-corrected chi connectivity index (χ1v) is 7.32. The van der Waals surface area contributed by atoms with Crippen molar-refractivity contribution in [1.82, 2.24) is 0 Å². The third-order valence-corrected chi connectivity index (χ3v) is 5.84. The molecule has 0 amide bonds. The molecular weight excluding hydrogens is 337 g/mol. The molecule has 1 unspecified atom stereocenters. The van der Waals surface area contributed by atoms with E-state index < -0.39 is 16.0 Å². The van der Waals surface area contributed by atoms with Crippen molar-refractivity contribution >= 4 is 20.6 Å². The molecule has 0 spiro atoms. The first-order valence-electron chi connectivity index (χ1n) is 6.10. The molecule has 19 heavy (non-hydrogen) atoms. The molecule has 1 saturated carbocycles. The van der Waals surface area contributed by atoms with Gasteiger partial charge in [0.05, 0.1) is 10.5 Å². The number of alkyl halides is 3. The van der Waals surface area contributed by atoms with Crippen LogP contribution in [0.3, 0.4) is 0 Å². The van der Waals surface area contributed by atoms with Gasteiger partial charge in [0.15, 0.2) is 9.58 Å². The van der Waals surface area contributed by atoms with Crippen molar-refractivity contribution in [2.75, 3.05) is 0 Å². The number of hydrogen-bond donors (Lipinski definition) is 0. The van der Waals surface area contributed by atoms with Gasteiger partial charge < -0.3 is 17.0 Å². The van der Waals surface area contributed by atoms with E-state index in [1.807, 2.05) is 19.1 Å². The van der Waals surface area contributed by atoms with Crippen LogP contribution in [0.25, 0.3) is 10.1 Å². The molecule has 5 heteroatoms. The van der Waals surface area contributed by atoms with Crippen LogP contribution >= 0.6 is 10.5 Å². The van der Waals surface area contributed by atoms with Gasteiger partial charge in [-0.25, -0.2) is 0 Å². The highest BCUT2D eigenvalue weighted by Crippen LogP contribution is 2.56. The van der Waals surface area contributed by atoms with E-state index in [2.05, 4.69) is 0 Å². The topological polar surface area (TPSA) is 0 Å². The summed E-state index contributed by atoms with van der Waals surface area (Å²) in [6.07, 6.45) is 2.89. The fourth-order valence-corrected chi connectivity index (χ4v) is 4.76. The minimum absolute atomic E-state index is 0. The number of hydrogen-bond acceptors (Lipinski definition) is 0. The second-order valence-electron chi connectivity index (χ2n) is 4.97. The molecule has 1 aromatic heterocycles. The van der Waals surface area contributed by atoms with Crippen molar-refractivity contribution in [3.63, 3.8) is 0 Å². The summed E-state index contributed by atoms with van der Waals surface area (Å²) < 4.78 is 40.4. The predicted octanol–water partition coefficient (Wildman–Crippen LogP) is 2.65. The number of aryl methyl sites for hydroxylation is 1. The summed E-state index contributed by atoms with van der Waals surface area (Å²) in [6, 6.07) is 7.20. The lowest BCUT2D eigenvalue weighted by atomic mass is 9.84. The van der Waals surface area contributed by atoms with Gasteiger partial charge in [-0.3, -0.25) is 0 Å². The van der Waals surface area contributed by atoms with Crippen molar-refractivity contribution in [3.05, 3.63) is 34.7 Å². The molecule has 1 aliphatic carbocycles. The minimum Gasteiger partial charge on any atom is -1.00 e. The fraction of sp³-hybridized carbons (Fsp3) is 0.429. The van der Waals surface area contributed by atoms with Gasteiger partial charge in [-0.2, -0.15) is 0 Å². The molecular formula is C14H14BrF3S. The lowest BCUT2D eigenvalue weighted by Crippen LogP contribution is -3.00. The molecule has 2 aromatic rings. The number of rotatable bonds is 1. The Morgan fingerprint density at radius 1 is 1.16 bits per heavy atom. The van der Waals surface area contributed by atoms with E-state index in [-0.39, 0.29) is 22.9 Å².